The highest BCUT2D eigenvalue weighted by molar-refractivity contribution is 14.1. The van der Waals surface area contributed by atoms with Crippen LogP contribution >= 0.6 is 22.6 Å². The average molecular weight is 396 g/mol. The van der Waals surface area contributed by atoms with Gasteiger partial charge in [-0.05, 0) is 51.8 Å². The zero-order chi connectivity index (χ0) is 15.5. The normalized spacial score (nSPS) is 11.4. The number of aromatic nitrogens is 2. The Morgan fingerprint density at radius 2 is 1.81 bits per heavy atom. The summed E-state index contributed by atoms with van der Waals surface area (Å²) in [6.07, 6.45) is 1.71. The smallest absolute Gasteiger partial charge is 0.221 e. The van der Waals surface area contributed by atoms with E-state index in [0.717, 1.165) is 18.9 Å². The molecule has 0 saturated heterocycles. The fraction of sp³-hybridized carbons (Fsp3) is 0.375. The maximum atomic E-state index is 5.72. The molecule has 0 bridgehead atoms. The quantitative estimate of drug-likeness (QED) is 0.801. The molecule has 0 aliphatic rings. The van der Waals surface area contributed by atoms with Gasteiger partial charge in [-0.15, -0.1) is 0 Å². The molecule has 0 atom stereocenters. The van der Waals surface area contributed by atoms with E-state index in [1.54, 1.807) is 6.20 Å². The Morgan fingerprint density at radius 1 is 1.14 bits per heavy atom. The largest absolute Gasteiger partial charge is 0.368 e. The molecular weight excluding hydrogens is 375 g/mol. The first-order chi connectivity index (χ1) is 9.83. The second-order valence-corrected chi connectivity index (χ2v) is 7.56. The third-order valence-corrected chi connectivity index (χ3v) is 3.65. The van der Waals surface area contributed by atoms with Crippen molar-refractivity contribution >= 4 is 34.4 Å². The number of nitrogens with zero attached hydrogens (tertiary/aromatic N) is 3. The molecule has 5 heteroatoms. The Kier molecular flexibility index (Phi) is 5.03. The van der Waals surface area contributed by atoms with Gasteiger partial charge >= 0.3 is 0 Å². The second-order valence-electron chi connectivity index (χ2n) is 6.32. The Hall–Kier alpha value is -1.37. The van der Waals surface area contributed by atoms with Gasteiger partial charge < -0.3 is 10.6 Å². The molecule has 2 N–H and O–H groups in total. The van der Waals surface area contributed by atoms with Gasteiger partial charge in [-0.2, -0.15) is 4.98 Å². The Bertz CT molecular complexity index is 590. The minimum Gasteiger partial charge on any atom is -0.368 e. The molecule has 0 saturated carbocycles. The van der Waals surface area contributed by atoms with Crippen LogP contribution in [0.3, 0.4) is 0 Å². The molecule has 2 rings (SSSR count). The van der Waals surface area contributed by atoms with Gasteiger partial charge in [0.2, 0.25) is 5.95 Å². The predicted octanol–water partition coefficient (Wildman–Crippen LogP) is 3.72. The van der Waals surface area contributed by atoms with E-state index < -0.39 is 0 Å². The summed E-state index contributed by atoms with van der Waals surface area (Å²) in [5, 5.41) is 0. The topological polar surface area (TPSA) is 55.0 Å². The number of rotatable bonds is 4. The summed E-state index contributed by atoms with van der Waals surface area (Å²) in [6, 6.07) is 10.5. The minimum absolute atomic E-state index is 0.170. The number of anilines is 2. The molecule has 0 aliphatic heterocycles. The van der Waals surface area contributed by atoms with Crippen molar-refractivity contribution in [3.8, 4) is 0 Å². The van der Waals surface area contributed by atoms with Gasteiger partial charge in [-0.25, -0.2) is 4.98 Å². The Labute approximate surface area is 139 Å². The highest BCUT2D eigenvalue weighted by atomic mass is 127. The summed E-state index contributed by atoms with van der Waals surface area (Å²) >= 11 is 2.32. The van der Waals surface area contributed by atoms with Crippen molar-refractivity contribution in [1.82, 2.24) is 9.97 Å². The van der Waals surface area contributed by atoms with Gasteiger partial charge in [-0.1, -0.05) is 32.9 Å². The maximum absolute atomic E-state index is 5.72. The number of nitrogen functional groups attached to an aromatic ring is 1. The minimum atomic E-state index is 0.170. The molecular formula is C16H21IN4. The lowest BCUT2D eigenvalue weighted by Gasteiger charge is -2.31. The molecule has 4 nitrogen and oxygen atoms in total. The van der Waals surface area contributed by atoms with Crippen LogP contribution in [-0.4, -0.2) is 16.5 Å². The van der Waals surface area contributed by atoms with Crippen molar-refractivity contribution in [1.29, 1.82) is 0 Å². The van der Waals surface area contributed by atoms with E-state index in [0.29, 0.717) is 5.95 Å². The summed E-state index contributed by atoms with van der Waals surface area (Å²) in [7, 11) is 0. The van der Waals surface area contributed by atoms with E-state index in [9.17, 15) is 0 Å². The molecule has 0 unspecified atom stereocenters. The van der Waals surface area contributed by atoms with E-state index in [4.69, 9.17) is 5.73 Å². The summed E-state index contributed by atoms with van der Waals surface area (Å²) < 4.78 is 1.24. The Morgan fingerprint density at radius 3 is 2.38 bits per heavy atom. The van der Waals surface area contributed by atoms with E-state index in [1.807, 2.05) is 6.07 Å². The summed E-state index contributed by atoms with van der Waals surface area (Å²) in [6.45, 7) is 8.37. The van der Waals surface area contributed by atoms with Gasteiger partial charge in [0.05, 0.1) is 0 Å². The van der Waals surface area contributed by atoms with Crippen molar-refractivity contribution in [2.45, 2.75) is 27.3 Å². The molecule has 0 aliphatic carbocycles. The van der Waals surface area contributed by atoms with Crippen molar-refractivity contribution < 1.29 is 0 Å². The zero-order valence-corrected chi connectivity index (χ0v) is 14.8. The van der Waals surface area contributed by atoms with E-state index in [-0.39, 0.29) is 5.41 Å². The van der Waals surface area contributed by atoms with E-state index >= 15 is 0 Å². The van der Waals surface area contributed by atoms with E-state index in [1.165, 1.54) is 9.13 Å². The lowest BCUT2D eigenvalue weighted by Crippen LogP contribution is -2.33. The third kappa shape index (κ3) is 5.15. The molecule has 21 heavy (non-hydrogen) atoms. The first kappa shape index (κ1) is 16.0. The molecule has 0 amide bonds. The van der Waals surface area contributed by atoms with Gasteiger partial charge in [0, 0.05) is 22.9 Å². The molecule has 1 heterocycles. The number of halogens is 1. The Balaban J connectivity index is 2.25. The van der Waals surface area contributed by atoms with Gasteiger partial charge in [0.1, 0.15) is 5.82 Å². The molecule has 0 fully saturated rings. The molecule has 112 valence electrons. The van der Waals surface area contributed by atoms with Crippen LogP contribution in [-0.2, 0) is 6.54 Å². The van der Waals surface area contributed by atoms with Crippen LogP contribution in [0, 0.1) is 8.99 Å². The van der Waals surface area contributed by atoms with Crippen LogP contribution in [0.25, 0.3) is 0 Å². The monoisotopic (exact) mass is 396 g/mol. The van der Waals surface area contributed by atoms with Crippen LogP contribution < -0.4 is 10.6 Å². The first-order valence-electron chi connectivity index (χ1n) is 6.91. The van der Waals surface area contributed by atoms with Crippen LogP contribution in [0.1, 0.15) is 26.3 Å². The molecule has 0 radical (unpaired) electrons. The lowest BCUT2D eigenvalue weighted by atomic mass is 9.96. The highest BCUT2D eigenvalue weighted by Gasteiger charge is 2.18. The van der Waals surface area contributed by atoms with Gasteiger partial charge in [-0.3, -0.25) is 0 Å². The second kappa shape index (κ2) is 6.60. The SMILES string of the molecule is CC(C)(C)CN(Cc1ccc(I)cc1)c1ccnc(N)n1. The van der Waals surface area contributed by atoms with E-state index in [2.05, 4.69) is 82.5 Å². The maximum Gasteiger partial charge on any atom is 0.221 e. The molecule has 2 aromatic rings. The number of benzene rings is 1. The number of hydrogen-bond acceptors (Lipinski definition) is 4. The van der Waals surface area contributed by atoms with Crippen molar-refractivity contribution in [2.24, 2.45) is 5.41 Å². The summed E-state index contributed by atoms with van der Waals surface area (Å²) in [4.78, 5) is 10.6. The highest BCUT2D eigenvalue weighted by Crippen LogP contribution is 2.22. The van der Waals surface area contributed by atoms with Crippen LogP contribution in [0.4, 0.5) is 11.8 Å². The zero-order valence-electron chi connectivity index (χ0n) is 12.7. The van der Waals surface area contributed by atoms with Crippen LogP contribution in [0.5, 0.6) is 0 Å². The van der Waals surface area contributed by atoms with Gasteiger partial charge in [0.25, 0.3) is 0 Å². The van der Waals surface area contributed by atoms with Crippen LogP contribution in [0.2, 0.25) is 0 Å². The number of nitrogens with two attached hydrogens (primary N) is 1. The number of hydrogen-bond donors (Lipinski definition) is 1. The average Bonchev–Trinajstić information content (AvgIpc) is 2.39. The summed E-state index contributed by atoms with van der Waals surface area (Å²) in [5.41, 5.74) is 7.15. The molecule has 1 aromatic carbocycles. The summed E-state index contributed by atoms with van der Waals surface area (Å²) in [5.74, 6) is 1.19. The lowest BCUT2D eigenvalue weighted by molar-refractivity contribution is 0.407. The molecule has 1 aromatic heterocycles. The standard InChI is InChI=1S/C16H21IN4/c1-16(2,3)11-21(14-8-9-19-15(18)20-14)10-12-4-6-13(17)7-5-12/h4-9H,10-11H2,1-3H3,(H2,18,19,20). The van der Waals surface area contributed by atoms with Crippen molar-refractivity contribution in [3.05, 3.63) is 45.7 Å². The van der Waals surface area contributed by atoms with Crippen molar-refractivity contribution in [2.75, 3.05) is 17.2 Å². The predicted molar refractivity (Wildman–Crippen MR) is 96.1 cm³/mol. The third-order valence-electron chi connectivity index (χ3n) is 2.94. The van der Waals surface area contributed by atoms with Gasteiger partial charge in [0.15, 0.2) is 0 Å². The first-order valence-corrected chi connectivity index (χ1v) is 7.99. The molecule has 0 spiro atoms. The fourth-order valence-electron chi connectivity index (χ4n) is 2.14. The van der Waals surface area contributed by atoms with Crippen LogP contribution in [0.15, 0.2) is 36.5 Å². The fourth-order valence-corrected chi connectivity index (χ4v) is 2.50. The van der Waals surface area contributed by atoms with Crippen molar-refractivity contribution in [3.63, 3.8) is 0 Å².